The zero-order valence-electron chi connectivity index (χ0n) is 15.9. The van der Waals surface area contributed by atoms with Crippen molar-refractivity contribution < 1.29 is 18.3 Å². The minimum absolute atomic E-state index is 0.0515. The Bertz CT molecular complexity index is 1190. The van der Waals surface area contributed by atoms with Crippen LogP contribution in [0.25, 0.3) is 5.52 Å². The maximum absolute atomic E-state index is 13.1. The van der Waals surface area contributed by atoms with Crippen molar-refractivity contribution in [2.24, 2.45) is 0 Å². The predicted octanol–water partition coefficient (Wildman–Crippen LogP) is 3.40. The summed E-state index contributed by atoms with van der Waals surface area (Å²) in [7, 11) is -2.04. The molecule has 8 heteroatoms. The van der Waals surface area contributed by atoms with Crippen molar-refractivity contribution in [1.29, 1.82) is 0 Å². The molecule has 2 heterocycles. The molecule has 1 aromatic carbocycles. The molecule has 29 heavy (non-hydrogen) atoms. The Morgan fingerprint density at radius 1 is 1.21 bits per heavy atom. The molecular weight excluding hydrogens is 412 g/mol. The summed E-state index contributed by atoms with van der Waals surface area (Å²) in [6, 6.07) is 11.7. The second kappa shape index (κ2) is 7.48. The lowest BCUT2D eigenvalue weighted by atomic mass is 9.88. The fraction of sp³-hybridized carbons (Fsp3) is 0.286. The monoisotopic (exact) mass is 432 g/mol. The lowest BCUT2D eigenvalue weighted by Gasteiger charge is -2.31. The number of benzene rings is 1. The van der Waals surface area contributed by atoms with Crippen molar-refractivity contribution in [3.05, 3.63) is 70.5 Å². The first-order valence-corrected chi connectivity index (χ1v) is 11.2. The number of halogens is 1. The number of rotatable bonds is 5. The van der Waals surface area contributed by atoms with Crippen molar-refractivity contribution in [2.75, 3.05) is 7.05 Å². The Labute approximate surface area is 174 Å². The van der Waals surface area contributed by atoms with Crippen LogP contribution in [-0.4, -0.2) is 41.3 Å². The first-order valence-electron chi connectivity index (χ1n) is 9.34. The topological polar surface area (TPSA) is 79.1 Å². The van der Waals surface area contributed by atoms with E-state index in [0.29, 0.717) is 24.3 Å². The molecule has 0 bridgehead atoms. The average Bonchev–Trinajstić information content (AvgIpc) is 3.00. The largest absolute Gasteiger partial charge is 0.481 e. The lowest BCUT2D eigenvalue weighted by Crippen LogP contribution is -2.40. The van der Waals surface area contributed by atoms with E-state index < -0.39 is 16.0 Å². The van der Waals surface area contributed by atoms with Gasteiger partial charge in [-0.25, -0.2) is 8.42 Å². The Morgan fingerprint density at radius 3 is 2.62 bits per heavy atom. The van der Waals surface area contributed by atoms with E-state index in [4.69, 9.17) is 11.6 Å². The van der Waals surface area contributed by atoms with Crippen LogP contribution in [0.1, 0.15) is 23.2 Å². The molecular formula is C21H21ClN2O4S. The van der Waals surface area contributed by atoms with E-state index in [-0.39, 0.29) is 17.4 Å². The predicted molar refractivity (Wildman–Crippen MR) is 111 cm³/mol. The molecule has 1 N–H and O–H groups in total. The molecule has 2 aromatic heterocycles. The second-order valence-electron chi connectivity index (χ2n) is 7.30. The number of sulfonamides is 1. The van der Waals surface area contributed by atoms with E-state index in [1.54, 1.807) is 19.2 Å². The molecule has 0 saturated carbocycles. The number of fused-ring (bicyclic) bond motifs is 3. The van der Waals surface area contributed by atoms with Gasteiger partial charge in [0.2, 0.25) is 10.0 Å². The number of nitrogens with zero attached hydrogens (tertiary/aromatic N) is 2. The third kappa shape index (κ3) is 3.54. The maximum Gasteiger partial charge on any atom is 0.309 e. The molecule has 152 valence electrons. The lowest BCUT2D eigenvalue weighted by molar-refractivity contribution is -0.136. The number of likely N-dealkylation sites (N-methyl/N-ethyl adjacent to an activating group) is 1. The maximum atomic E-state index is 13.1. The van der Waals surface area contributed by atoms with E-state index >= 15 is 0 Å². The summed E-state index contributed by atoms with van der Waals surface area (Å²) in [6.07, 6.45) is 3.65. The van der Waals surface area contributed by atoms with Gasteiger partial charge in [0, 0.05) is 35.5 Å². The van der Waals surface area contributed by atoms with Gasteiger partial charge in [0.1, 0.15) is 0 Å². The average molecular weight is 433 g/mol. The fourth-order valence-corrected chi connectivity index (χ4v) is 5.70. The van der Waals surface area contributed by atoms with Gasteiger partial charge in [-0.2, -0.15) is 4.31 Å². The van der Waals surface area contributed by atoms with Crippen LogP contribution in [0.5, 0.6) is 0 Å². The first kappa shape index (κ1) is 19.9. The standard InChI is InChI=1S/C21H21ClN2O4S/c1-23(29(27,28)16-8-5-14(22)6-9-16)15-7-10-17-18(12-15)19-4-2-3-11-24(19)20(17)13-21(25)26/h2-6,8-9,11,15H,7,10,12-13H2,1H3,(H,25,26). The molecule has 0 aliphatic heterocycles. The molecule has 1 unspecified atom stereocenters. The number of hydrogen-bond donors (Lipinski definition) is 1. The molecule has 1 aliphatic carbocycles. The van der Waals surface area contributed by atoms with Crippen molar-refractivity contribution in [1.82, 2.24) is 8.71 Å². The third-order valence-electron chi connectivity index (χ3n) is 5.66. The van der Waals surface area contributed by atoms with Crippen LogP contribution in [0.4, 0.5) is 0 Å². The number of pyridine rings is 1. The molecule has 0 spiro atoms. The van der Waals surface area contributed by atoms with Crippen LogP contribution >= 0.6 is 11.6 Å². The van der Waals surface area contributed by atoms with E-state index in [1.807, 2.05) is 28.8 Å². The quantitative estimate of drug-likeness (QED) is 0.670. The van der Waals surface area contributed by atoms with Gasteiger partial charge in [0.25, 0.3) is 0 Å². The van der Waals surface area contributed by atoms with E-state index in [2.05, 4.69) is 0 Å². The Kier molecular flexibility index (Phi) is 5.14. The van der Waals surface area contributed by atoms with Crippen molar-refractivity contribution >= 4 is 33.1 Å². The van der Waals surface area contributed by atoms with Gasteiger partial charge in [0.05, 0.1) is 11.3 Å². The Hall–Kier alpha value is -2.35. The molecule has 0 radical (unpaired) electrons. The zero-order chi connectivity index (χ0) is 20.8. The molecule has 0 fully saturated rings. The summed E-state index contributed by atoms with van der Waals surface area (Å²) < 4.78 is 29.5. The summed E-state index contributed by atoms with van der Waals surface area (Å²) in [4.78, 5) is 11.6. The summed E-state index contributed by atoms with van der Waals surface area (Å²) in [5.74, 6) is -0.874. The van der Waals surface area contributed by atoms with Crippen molar-refractivity contribution in [2.45, 2.75) is 36.6 Å². The van der Waals surface area contributed by atoms with Crippen molar-refractivity contribution in [3.8, 4) is 0 Å². The smallest absolute Gasteiger partial charge is 0.309 e. The van der Waals surface area contributed by atoms with Gasteiger partial charge >= 0.3 is 5.97 Å². The molecule has 0 saturated heterocycles. The number of hydrogen-bond acceptors (Lipinski definition) is 3. The fourth-order valence-electron chi connectivity index (χ4n) is 4.18. The second-order valence-corrected chi connectivity index (χ2v) is 9.74. The number of carboxylic acid groups (broad SMARTS) is 1. The van der Waals surface area contributed by atoms with Gasteiger partial charge in [0.15, 0.2) is 0 Å². The van der Waals surface area contributed by atoms with Crippen LogP contribution in [-0.2, 0) is 34.1 Å². The summed E-state index contributed by atoms with van der Waals surface area (Å²) in [5.41, 5.74) is 3.80. The number of carboxylic acids is 1. The van der Waals surface area contributed by atoms with Gasteiger partial charge < -0.3 is 9.51 Å². The van der Waals surface area contributed by atoms with Crippen LogP contribution < -0.4 is 0 Å². The van der Waals surface area contributed by atoms with Gasteiger partial charge in [-0.05, 0) is 66.8 Å². The molecule has 4 rings (SSSR count). The Balaban J connectivity index is 1.70. The number of aromatic nitrogens is 1. The summed E-state index contributed by atoms with van der Waals surface area (Å²) >= 11 is 5.89. The van der Waals surface area contributed by atoms with Gasteiger partial charge in [-0.1, -0.05) is 17.7 Å². The summed E-state index contributed by atoms with van der Waals surface area (Å²) in [5, 5.41) is 9.81. The minimum Gasteiger partial charge on any atom is -0.481 e. The molecule has 0 amide bonds. The Morgan fingerprint density at radius 2 is 1.93 bits per heavy atom. The van der Waals surface area contributed by atoms with E-state index in [9.17, 15) is 18.3 Å². The zero-order valence-corrected chi connectivity index (χ0v) is 17.4. The highest BCUT2D eigenvalue weighted by Gasteiger charge is 2.33. The van der Waals surface area contributed by atoms with Crippen LogP contribution in [0.15, 0.2) is 53.6 Å². The van der Waals surface area contributed by atoms with Crippen LogP contribution in [0.2, 0.25) is 5.02 Å². The van der Waals surface area contributed by atoms with E-state index in [0.717, 1.165) is 22.3 Å². The molecule has 3 aromatic rings. The number of aliphatic carboxylic acids is 1. The molecule has 1 aliphatic rings. The van der Waals surface area contributed by atoms with E-state index in [1.165, 1.54) is 16.4 Å². The first-order chi connectivity index (χ1) is 13.8. The number of carbonyl (C=O) groups is 1. The van der Waals surface area contributed by atoms with Gasteiger partial charge in [-0.15, -0.1) is 0 Å². The highest BCUT2D eigenvalue weighted by Crippen LogP contribution is 2.34. The minimum atomic E-state index is -3.65. The SMILES string of the molecule is CN(C1CCc2c(c3ccccn3c2CC(=O)O)C1)S(=O)(=O)c1ccc(Cl)cc1. The van der Waals surface area contributed by atoms with Gasteiger partial charge in [-0.3, -0.25) is 4.79 Å². The third-order valence-corrected chi connectivity index (χ3v) is 7.84. The van der Waals surface area contributed by atoms with Crippen LogP contribution in [0, 0.1) is 0 Å². The molecule has 6 nitrogen and oxygen atoms in total. The highest BCUT2D eigenvalue weighted by molar-refractivity contribution is 7.89. The van der Waals surface area contributed by atoms with Crippen molar-refractivity contribution in [3.63, 3.8) is 0 Å². The van der Waals surface area contributed by atoms with Crippen LogP contribution in [0.3, 0.4) is 0 Å². The highest BCUT2D eigenvalue weighted by atomic mass is 35.5. The summed E-state index contributed by atoms with van der Waals surface area (Å²) in [6.45, 7) is 0. The molecule has 1 atom stereocenters. The normalized spacial score (nSPS) is 16.9.